The Kier molecular flexibility index (Phi) is 10.6. The van der Waals surface area contributed by atoms with Gasteiger partial charge in [0, 0.05) is 13.1 Å². The fourth-order valence-electron chi connectivity index (χ4n) is 2.72. The van der Waals surface area contributed by atoms with E-state index in [-0.39, 0.29) is 24.0 Å². The van der Waals surface area contributed by atoms with Crippen molar-refractivity contribution in [1.29, 1.82) is 0 Å². The van der Waals surface area contributed by atoms with Crippen molar-refractivity contribution in [2.24, 2.45) is 0 Å². The number of likely N-dealkylation sites (N-methyl/N-ethyl adjacent to an activating group) is 2. The van der Waals surface area contributed by atoms with E-state index in [0.29, 0.717) is 41.2 Å². The van der Waals surface area contributed by atoms with Crippen molar-refractivity contribution >= 4 is 34.0 Å². The number of hydrogen-bond acceptors (Lipinski definition) is 10. The molecule has 0 unspecified atom stereocenters. The number of benzene rings is 2. The molecule has 4 N–H and O–H groups in total. The van der Waals surface area contributed by atoms with E-state index in [9.17, 15) is 22.6 Å². The molecule has 12 nitrogen and oxygen atoms in total. The van der Waals surface area contributed by atoms with Gasteiger partial charge in [-0.3, -0.25) is 14.1 Å². The second kappa shape index (κ2) is 13.1. The van der Waals surface area contributed by atoms with Crippen LogP contribution in [0.4, 0.5) is 0 Å². The summed E-state index contributed by atoms with van der Waals surface area (Å²) in [6.45, 7) is 3.58. The van der Waals surface area contributed by atoms with Crippen molar-refractivity contribution in [1.82, 2.24) is 10.6 Å². The first kappa shape index (κ1) is 27.4. The third-order valence-electron chi connectivity index (χ3n) is 4.12. The molecular formula is C20H24N2O10S2. The van der Waals surface area contributed by atoms with Crippen molar-refractivity contribution in [3.05, 3.63) is 36.4 Å². The van der Waals surface area contributed by atoms with Crippen LogP contribution in [0.2, 0.25) is 0 Å². The minimum absolute atomic E-state index is 0.203. The molecule has 0 saturated heterocycles. The van der Waals surface area contributed by atoms with Crippen molar-refractivity contribution in [2.45, 2.75) is 23.6 Å². The van der Waals surface area contributed by atoms with E-state index in [1.165, 1.54) is 30.3 Å². The summed E-state index contributed by atoms with van der Waals surface area (Å²) >= 11 is 0.584. The minimum atomic E-state index is -4.69. The Morgan fingerprint density at radius 2 is 1.44 bits per heavy atom. The molecule has 0 heterocycles. The fourth-order valence-corrected chi connectivity index (χ4v) is 3.86. The average Bonchev–Trinajstić information content (AvgIpc) is 2.80. The van der Waals surface area contributed by atoms with Crippen LogP contribution >= 0.6 is 12.0 Å². The lowest BCUT2D eigenvalue weighted by Crippen LogP contribution is -2.28. The van der Waals surface area contributed by atoms with Crippen LogP contribution in [0.15, 0.2) is 46.2 Å². The molecule has 14 heteroatoms. The van der Waals surface area contributed by atoms with Crippen LogP contribution in [0.25, 0.3) is 11.1 Å². The molecule has 0 fully saturated rings. The third-order valence-corrected chi connectivity index (χ3v) is 5.62. The molecule has 2 aromatic rings. The molecular weight excluding hydrogens is 492 g/mol. The molecule has 0 saturated carbocycles. The van der Waals surface area contributed by atoms with Crippen molar-refractivity contribution in [3.8, 4) is 22.6 Å². The molecule has 0 aliphatic heterocycles. The van der Waals surface area contributed by atoms with Gasteiger partial charge in [-0.05, 0) is 49.2 Å². The van der Waals surface area contributed by atoms with Gasteiger partial charge in [-0.2, -0.15) is 8.42 Å². The van der Waals surface area contributed by atoms with Crippen molar-refractivity contribution < 1.29 is 46.7 Å². The molecule has 0 aliphatic rings. The predicted octanol–water partition coefficient (Wildman–Crippen LogP) is 2.06. The van der Waals surface area contributed by atoms with Crippen LogP contribution in [-0.4, -0.2) is 56.3 Å². The van der Waals surface area contributed by atoms with E-state index in [1.54, 1.807) is 19.9 Å². The maximum atomic E-state index is 11.9. The summed E-state index contributed by atoms with van der Waals surface area (Å²) in [7, 11) is -4.69. The highest BCUT2D eigenvalue weighted by Gasteiger charge is 2.20. The van der Waals surface area contributed by atoms with Gasteiger partial charge in [0.25, 0.3) is 21.9 Å². The summed E-state index contributed by atoms with van der Waals surface area (Å²) in [4.78, 5) is 23.1. The first-order chi connectivity index (χ1) is 16.2. The Balaban J connectivity index is 2.37. The van der Waals surface area contributed by atoms with E-state index in [4.69, 9.17) is 14.7 Å². The quantitative estimate of drug-likeness (QED) is 0.133. The molecule has 0 aliphatic carbocycles. The molecule has 0 atom stereocenters. The molecule has 2 rings (SSSR count). The largest absolute Gasteiger partial charge is 0.483 e. The Morgan fingerprint density at radius 1 is 0.912 bits per heavy atom. The minimum Gasteiger partial charge on any atom is -0.483 e. The summed E-state index contributed by atoms with van der Waals surface area (Å²) in [6.07, 6.45) is 0. The van der Waals surface area contributed by atoms with Crippen LogP contribution in [0.1, 0.15) is 13.8 Å². The lowest BCUT2D eigenvalue weighted by molar-refractivity contribution is -0.432. The molecule has 0 bridgehead atoms. The number of carbonyl (C=O) groups excluding carboxylic acids is 2. The van der Waals surface area contributed by atoms with Gasteiger partial charge in [0.2, 0.25) is 0 Å². The molecule has 2 amide bonds. The molecule has 34 heavy (non-hydrogen) atoms. The van der Waals surface area contributed by atoms with E-state index in [2.05, 4.69) is 20.0 Å². The van der Waals surface area contributed by atoms with E-state index in [0.717, 1.165) is 0 Å². The van der Waals surface area contributed by atoms with Gasteiger partial charge in [0.1, 0.15) is 16.4 Å². The topological polar surface area (TPSA) is 170 Å². The number of carbonyl (C=O) groups is 2. The highest BCUT2D eigenvalue weighted by molar-refractivity contribution is 7.94. The lowest BCUT2D eigenvalue weighted by Gasteiger charge is -2.14. The first-order valence-electron chi connectivity index (χ1n) is 9.89. The van der Waals surface area contributed by atoms with Crippen molar-refractivity contribution in [3.63, 3.8) is 0 Å². The Bertz CT molecular complexity index is 1110. The average molecular weight is 517 g/mol. The van der Waals surface area contributed by atoms with Gasteiger partial charge in [0.05, 0.1) is 16.9 Å². The number of rotatable bonds is 13. The second-order valence-corrected chi connectivity index (χ2v) is 8.64. The van der Waals surface area contributed by atoms with E-state index in [1.807, 2.05) is 0 Å². The number of hydrogen-bond donors (Lipinski definition) is 4. The first-order valence-corrected chi connectivity index (χ1v) is 12.1. The fraction of sp³-hybridized carbons (Fsp3) is 0.300. The van der Waals surface area contributed by atoms with Gasteiger partial charge in [-0.25, -0.2) is 5.26 Å². The monoisotopic (exact) mass is 516 g/mol. The van der Waals surface area contributed by atoms with Gasteiger partial charge in [0.15, 0.2) is 13.2 Å². The Morgan fingerprint density at radius 3 is 1.97 bits per heavy atom. The maximum absolute atomic E-state index is 11.9. The number of amides is 2. The zero-order valence-electron chi connectivity index (χ0n) is 18.3. The lowest BCUT2D eigenvalue weighted by atomic mass is 10.1. The SMILES string of the molecule is CCNC(=O)COc1ccc(-c2ccc(OCC(=O)NCC)c(S(=O)(=O)O)c2)cc1SOOO. The predicted molar refractivity (Wildman–Crippen MR) is 121 cm³/mol. The van der Waals surface area contributed by atoms with Crippen LogP contribution in [-0.2, 0) is 29.1 Å². The highest BCUT2D eigenvalue weighted by Crippen LogP contribution is 2.36. The number of nitrogens with one attached hydrogen (secondary N) is 2. The summed E-state index contributed by atoms with van der Waals surface area (Å²) in [5.74, 6) is -0.772. The Hall–Kier alpha value is -2.88. The van der Waals surface area contributed by atoms with Gasteiger partial charge in [-0.1, -0.05) is 17.2 Å². The molecule has 0 aromatic heterocycles. The normalized spacial score (nSPS) is 11.1. The number of ether oxygens (including phenoxy) is 2. The van der Waals surface area contributed by atoms with E-state index < -0.39 is 27.5 Å². The van der Waals surface area contributed by atoms with Crippen LogP contribution in [0, 0.1) is 0 Å². The smallest absolute Gasteiger partial charge is 0.298 e. The second-order valence-electron chi connectivity index (χ2n) is 6.51. The summed E-state index contributed by atoms with van der Waals surface area (Å²) in [5.41, 5.74) is 0.828. The van der Waals surface area contributed by atoms with Gasteiger partial charge < -0.3 is 20.1 Å². The molecule has 0 spiro atoms. The van der Waals surface area contributed by atoms with Gasteiger partial charge >= 0.3 is 0 Å². The summed E-state index contributed by atoms with van der Waals surface area (Å²) < 4.78 is 48.7. The van der Waals surface area contributed by atoms with Crippen LogP contribution < -0.4 is 20.1 Å². The zero-order valence-corrected chi connectivity index (χ0v) is 19.9. The van der Waals surface area contributed by atoms with E-state index >= 15 is 0 Å². The zero-order chi connectivity index (χ0) is 25.1. The van der Waals surface area contributed by atoms with Crippen molar-refractivity contribution in [2.75, 3.05) is 26.3 Å². The van der Waals surface area contributed by atoms with Crippen LogP contribution in [0.5, 0.6) is 11.5 Å². The molecule has 2 aromatic carbocycles. The summed E-state index contributed by atoms with van der Waals surface area (Å²) in [5, 5.41) is 17.2. The summed E-state index contributed by atoms with van der Waals surface area (Å²) in [6, 6.07) is 8.60. The van der Waals surface area contributed by atoms with Gasteiger partial charge in [-0.15, -0.1) is 4.33 Å². The molecule has 186 valence electrons. The Labute approximate surface area is 200 Å². The molecule has 0 radical (unpaired) electrons. The highest BCUT2D eigenvalue weighted by atomic mass is 32.2. The standard InChI is InChI=1S/C20H24N2O10S2/c1-3-21-19(23)11-29-15-7-5-13(9-17(15)33-32-31-25)14-6-8-16(18(10-14)34(26,27)28)30-12-20(24)22-4-2/h5-10,25H,3-4,11-12H2,1-2H3,(H,21,23)(H,22,24)(H,26,27,28). The maximum Gasteiger partial charge on any atom is 0.298 e. The van der Waals surface area contributed by atoms with Crippen LogP contribution in [0.3, 0.4) is 0 Å². The third kappa shape index (κ3) is 8.16.